The first-order valence-electron chi connectivity index (χ1n) is 4.06. The summed E-state index contributed by atoms with van der Waals surface area (Å²) in [6, 6.07) is 2.10. The lowest BCUT2D eigenvalue weighted by atomic mass is 10.1. The molecule has 0 aliphatic carbocycles. The molecule has 0 aromatic heterocycles. The Hall–Kier alpha value is -1.78. The summed E-state index contributed by atoms with van der Waals surface area (Å²) >= 11 is 0. The summed E-state index contributed by atoms with van der Waals surface area (Å²) in [5.74, 6) is -4.73. The van der Waals surface area contributed by atoms with E-state index in [4.69, 9.17) is 0 Å². The number of benzene rings is 1. The highest BCUT2D eigenvalue weighted by Crippen LogP contribution is 2.17. The number of halogens is 2. The smallest absolute Gasteiger partial charge is 0.379 e. The molecule has 0 bridgehead atoms. The topological polar surface area (TPSA) is 43.4 Å². The van der Waals surface area contributed by atoms with E-state index < -0.39 is 29.0 Å². The molecule has 0 atom stereocenters. The average Bonchev–Trinajstić information content (AvgIpc) is 2.22. The fraction of sp³-hybridized carbons (Fsp3) is 0.200. The molecule has 1 aromatic carbocycles. The van der Waals surface area contributed by atoms with E-state index >= 15 is 0 Å². The number of esters is 1. The Balaban J connectivity index is 3.31. The summed E-state index contributed by atoms with van der Waals surface area (Å²) in [7, 11) is 0.964. The lowest BCUT2D eigenvalue weighted by molar-refractivity contribution is -0.135. The van der Waals surface area contributed by atoms with Crippen LogP contribution in [0.1, 0.15) is 15.9 Å². The van der Waals surface area contributed by atoms with Crippen LogP contribution in [-0.4, -0.2) is 18.9 Å². The number of carbonyl (C=O) groups excluding carboxylic acids is 2. The molecule has 0 amide bonds. The first kappa shape index (κ1) is 11.3. The molecule has 0 aliphatic heterocycles. The molecule has 3 nitrogen and oxygen atoms in total. The standard InChI is InChI=1S/C10H8F2O3/c1-5-3-4-6(11)7(8(5)12)9(13)10(14)15-2/h3-4H,1-2H3. The van der Waals surface area contributed by atoms with Crippen molar-refractivity contribution in [3.63, 3.8) is 0 Å². The molecular weight excluding hydrogens is 206 g/mol. The van der Waals surface area contributed by atoms with Crippen LogP contribution in [0.25, 0.3) is 0 Å². The van der Waals surface area contributed by atoms with Crippen LogP contribution in [0.4, 0.5) is 8.78 Å². The molecule has 1 rings (SSSR count). The van der Waals surface area contributed by atoms with Crippen molar-refractivity contribution in [1.82, 2.24) is 0 Å². The van der Waals surface area contributed by atoms with Crippen molar-refractivity contribution in [1.29, 1.82) is 0 Å². The van der Waals surface area contributed by atoms with E-state index in [0.717, 1.165) is 13.2 Å². The second-order valence-electron chi connectivity index (χ2n) is 2.87. The summed E-state index contributed by atoms with van der Waals surface area (Å²) < 4.78 is 30.5. The van der Waals surface area contributed by atoms with E-state index in [-0.39, 0.29) is 5.56 Å². The van der Waals surface area contributed by atoms with Gasteiger partial charge in [0.25, 0.3) is 5.78 Å². The van der Waals surface area contributed by atoms with E-state index in [9.17, 15) is 18.4 Å². The number of rotatable bonds is 2. The van der Waals surface area contributed by atoms with Gasteiger partial charge < -0.3 is 4.74 Å². The minimum Gasteiger partial charge on any atom is -0.463 e. The molecule has 0 saturated carbocycles. The number of aryl methyl sites for hydroxylation is 1. The van der Waals surface area contributed by atoms with Gasteiger partial charge in [-0.3, -0.25) is 4.79 Å². The first-order chi connectivity index (χ1) is 6.99. The second-order valence-corrected chi connectivity index (χ2v) is 2.87. The largest absolute Gasteiger partial charge is 0.463 e. The van der Waals surface area contributed by atoms with Crippen LogP contribution in [0, 0.1) is 18.6 Å². The number of Topliss-reactive ketones (excluding diaryl/α,β-unsaturated/α-hetero) is 1. The number of ether oxygens (including phenoxy) is 1. The third kappa shape index (κ3) is 2.01. The van der Waals surface area contributed by atoms with E-state index in [0.29, 0.717) is 0 Å². The van der Waals surface area contributed by atoms with Crippen molar-refractivity contribution >= 4 is 11.8 Å². The molecular formula is C10H8F2O3. The molecule has 1 aromatic rings. The maximum absolute atomic E-state index is 13.3. The highest BCUT2D eigenvalue weighted by molar-refractivity contribution is 6.40. The summed E-state index contributed by atoms with van der Waals surface area (Å²) in [5.41, 5.74) is -0.787. The van der Waals surface area contributed by atoms with Gasteiger partial charge in [-0.25, -0.2) is 13.6 Å². The van der Waals surface area contributed by atoms with Crippen molar-refractivity contribution in [2.24, 2.45) is 0 Å². The molecule has 0 fully saturated rings. The number of hydrogen-bond acceptors (Lipinski definition) is 3. The quantitative estimate of drug-likeness (QED) is 0.427. The van der Waals surface area contributed by atoms with Crippen molar-refractivity contribution in [3.8, 4) is 0 Å². The fourth-order valence-corrected chi connectivity index (χ4v) is 1.06. The molecule has 0 aliphatic rings. The fourth-order valence-electron chi connectivity index (χ4n) is 1.06. The van der Waals surface area contributed by atoms with Crippen LogP contribution in [0.3, 0.4) is 0 Å². The molecule has 0 heterocycles. The Kier molecular flexibility index (Phi) is 3.14. The maximum atomic E-state index is 13.3. The van der Waals surface area contributed by atoms with Gasteiger partial charge >= 0.3 is 5.97 Å². The molecule has 15 heavy (non-hydrogen) atoms. The van der Waals surface area contributed by atoms with Gasteiger partial charge in [0, 0.05) is 0 Å². The van der Waals surface area contributed by atoms with Crippen LogP contribution in [0.2, 0.25) is 0 Å². The van der Waals surface area contributed by atoms with Gasteiger partial charge in [-0.15, -0.1) is 0 Å². The predicted octanol–water partition coefficient (Wildman–Crippen LogP) is 1.63. The maximum Gasteiger partial charge on any atom is 0.379 e. The Morgan fingerprint density at radius 1 is 1.27 bits per heavy atom. The third-order valence-corrected chi connectivity index (χ3v) is 1.88. The highest BCUT2D eigenvalue weighted by atomic mass is 19.1. The lowest BCUT2D eigenvalue weighted by Crippen LogP contribution is -2.19. The summed E-state index contributed by atoms with van der Waals surface area (Å²) in [4.78, 5) is 22.0. The molecule has 0 unspecified atom stereocenters. The molecule has 0 N–H and O–H groups in total. The minimum absolute atomic E-state index is 0.0867. The van der Waals surface area contributed by atoms with Gasteiger partial charge in [0.1, 0.15) is 17.2 Å². The lowest BCUT2D eigenvalue weighted by Gasteiger charge is -2.04. The van der Waals surface area contributed by atoms with Gasteiger partial charge in [0.15, 0.2) is 0 Å². The van der Waals surface area contributed by atoms with Crippen LogP contribution >= 0.6 is 0 Å². The Morgan fingerprint density at radius 3 is 2.40 bits per heavy atom. The van der Waals surface area contributed by atoms with E-state index in [2.05, 4.69) is 4.74 Å². The van der Waals surface area contributed by atoms with Crippen molar-refractivity contribution < 1.29 is 23.1 Å². The zero-order valence-electron chi connectivity index (χ0n) is 8.14. The van der Waals surface area contributed by atoms with Crippen LogP contribution in [0.5, 0.6) is 0 Å². The molecule has 80 valence electrons. The van der Waals surface area contributed by atoms with Crippen LogP contribution in [0.15, 0.2) is 12.1 Å². The van der Waals surface area contributed by atoms with Crippen molar-refractivity contribution in [2.75, 3.05) is 7.11 Å². The zero-order chi connectivity index (χ0) is 11.6. The van der Waals surface area contributed by atoms with Crippen LogP contribution < -0.4 is 0 Å². The molecule has 0 saturated heterocycles. The SMILES string of the molecule is COC(=O)C(=O)c1c(F)ccc(C)c1F. The zero-order valence-corrected chi connectivity index (χ0v) is 8.14. The summed E-state index contributed by atoms with van der Waals surface area (Å²) in [6.07, 6.45) is 0. The third-order valence-electron chi connectivity index (χ3n) is 1.88. The average molecular weight is 214 g/mol. The second kappa shape index (κ2) is 4.16. The number of methoxy groups -OCH3 is 1. The Labute approximate surface area is 84.7 Å². The minimum atomic E-state index is -1.32. The highest BCUT2D eigenvalue weighted by Gasteiger charge is 2.25. The van der Waals surface area contributed by atoms with Crippen molar-refractivity contribution in [2.45, 2.75) is 6.92 Å². The van der Waals surface area contributed by atoms with Gasteiger partial charge in [-0.05, 0) is 18.6 Å². The predicted molar refractivity (Wildman–Crippen MR) is 47.4 cm³/mol. The van der Waals surface area contributed by atoms with Crippen LogP contribution in [-0.2, 0) is 9.53 Å². The Morgan fingerprint density at radius 2 is 1.87 bits per heavy atom. The van der Waals surface area contributed by atoms with Crippen molar-refractivity contribution in [3.05, 3.63) is 34.9 Å². The van der Waals surface area contributed by atoms with Gasteiger partial charge in [0.05, 0.1) is 7.11 Å². The number of hydrogen-bond donors (Lipinski definition) is 0. The molecule has 0 radical (unpaired) electrons. The Bertz CT molecular complexity index is 427. The monoisotopic (exact) mass is 214 g/mol. The van der Waals surface area contributed by atoms with E-state index in [1.807, 2.05) is 0 Å². The van der Waals surface area contributed by atoms with Gasteiger partial charge in [0.2, 0.25) is 0 Å². The first-order valence-corrected chi connectivity index (χ1v) is 4.06. The number of carbonyl (C=O) groups is 2. The summed E-state index contributed by atoms with van der Waals surface area (Å²) in [6.45, 7) is 1.36. The van der Waals surface area contributed by atoms with Gasteiger partial charge in [-0.1, -0.05) is 6.07 Å². The van der Waals surface area contributed by atoms with E-state index in [1.165, 1.54) is 13.0 Å². The number of ketones is 1. The normalized spacial score (nSPS) is 9.87. The van der Waals surface area contributed by atoms with E-state index in [1.54, 1.807) is 0 Å². The van der Waals surface area contributed by atoms with Gasteiger partial charge in [-0.2, -0.15) is 0 Å². The molecule has 5 heteroatoms. The molecule has 0 spiro atoms. The summed E-state index contributed by atoms with van der Waals surface area (Å²) in [5, 5.41) is 0.